The van der Waals surface area contributed by atoms with Crippen molar-refractivity contribution in [1.29, 1.82) is 0 Å². The monoisotopic (exact) mass is 235 g/mol. The normalized spacial score (nSPS) is 10.7. The van der Waals surface area contributed by atoms with Crippen molar-refractivity contribution in [3.63, 3.8) is 0 Å². The predicted molar refractivity (Wildman–Crippen MR) is 74.1 cm³/mol. The zero-order valence-electron chi connectivity index (χ0n) is 10.1. The second kappa shape index (κ2) is 4.11. The summed E-state index contributed by atoms with van der Waals surface area (Å²) in [6.07, 6.45) is 1.78. The van der Waals surface area contributed by atoms with E-state index in [1.54, 1.807) is 6.20 Å². The van der Waals surface area contributed by atoms with Gasteiger partial charge in [0.1, 0.15) is 5.69 Å². The van der Waals surface area contributed by atoms with Gasteiger partial charge in [0.25, 0.3) is 0 Å². The van der Waals surface area contributed by atoms with Crippen molar-refractivity contribution >= 4 is 16.5 Å². The first-order valence-electron chi connectivity index (χ1n) is 5.82. The van der Waals surface area contributed by atoms with Crippen LogP contribution in [0.25, 0.3) is 22.0 Å². The minimum absolute atomic E-state index is 0.768. The van der Waals surface area contributed by atoms with Gasteiger partial charge in [0, 0.05) is 22.0 Å². The highest BCUT2D eigenvalue weighted by molar-refractivity contribution is 5.94. The molecule has 0 spiro atoms. The van der Waals surface area contributed by atoms with E-state index >= 15 is 0 Å². The summed E-state index contributed by atoms with van der Waals surface area (Å²) in [6.45, 7) is 2.04. The van der Waals surface area contributed by atoms with E-state index in [0.29, 0.717) is 0 Å². The van der Waals surface area contributed by atoms with Crippen LogP contribution in [-0.4, -0.2) is 10.2 Å². The third kappa shape index (κ3) is 1.70. The van der Waals surface area contributed by atoms with Crippen molar-refractivity contribution < 1.29 is 0 Å². The van der Waals surface area contributed by atoms with E-state index in [0.717, 1.165) is 33.3 Å². The molecule has 0 atom stereocenters. The molecular weight excluding hydrogens is 222 g/mol. The largest absolute Gasteiger partial charge is 0.399 e. The lowest BCUT2D eigenvalue weighted by atomic mass is 10.0. The van der Waals surface area contributed by atoms with Gasteiger partial charge in [-0.3, -0.25) is 0 Å². The molecule has 3 heteroatoms. The SMILES string of the molecule is Cc1cc(N)ccc1-c1nncc2ccccc12. The zero-order chi connectivity index (χ0) is 12.5. The third-order valence-corrected chi connectivity index (χ3v) is 3.08. The molecule has 0 bridgehead atoms. The molecule has 0 aliphatic rings. The van der Waals surface area contributed by atoms with Crippen LogP contribution >= 0.6 is 0 Å². The molecule has 0 fully saturated rings. The molecule has 2 aromatic carbocycles. The summed E-state index contributed by atoms with van der Waals surface area (Å²) in [5, 5.41) is 10.6. The standard InChI is InChI=1S/C15H13N3/c1-10-8-12(16)6-7-13(10)15-14-5-3-2-4-11(14)9-17-18-15/h2-9H,16H2,1H3. The van der Waals surface area contributed by atoms with Gasteiger partial charge in [-0.1, -0.05) is 30.3 Å². The summed E-state index contributed by atoms with van der Waals surface area (Å²) >= 11 is 0. The topological polar surface area (TPSA) is 51.8 Å². The van der Waals surface area contributed by atoms with E-state index in [4.69, 9.17) is 5.73 Å². The first-order valence-corrected chi connectivity index (χ1v) is 5.82. The maximum atomic E-state index is 5.78. The Morgan fingerprint density at radius 1 is 1.06 bits per heavy atom. The molecule has 18 heavy (non-hydrogen) atoms. The molecule has 0 amide bonds. The minimum Gasteiger partial charge on any atom is -0.399 e. The Morgan fingerprint density at radius 2 is 1.89 bits per heavy atom. The minimum atomic E-state index is 0.768. The van der Waals surface area contributed by atoms with E-state index in [9.17, 15) is 0 Å². The van der Waals surface area contributed by atoms with Gasteiger partial charge in [0.15, 0.2) is 0 Å². The molecule has 0 saturated carbocycles. The second-order valence-electron chi connectivity index (χ2n) is 4.35. The third-order valence-electron chi connectivity index (χ3n) is 3.08. The van der Waals surface area contributed by atoms with Crippen molar-refractivity contribution in [1.82, 2.24) is 10.2 Å². The maximum Gasteiger partial charge on any atom is 0.101 e. The van der Waals surface area contributed by atoms with Crippen LogP contribution < -0.4 is 5.73 Å². The summed E-state index contributed by atoms with van der Waals surface area (Å²) in [5.41, 5.74) is 9.65. The highest BCUT2D eigenvalue weighted by atomic mass is 15.1. The number of hydrogen-bond acceptors (Lipinski definition) is 3. The number of aryl methyl sites for hydroxylation is 1. The number of rotatable bonds is 1. The summed E-state index contributed by atoms with van der Waals surface area (Å²) in [5.74, 6) is 0. The number of fused-ring (bicyclic) bond motifs is 1. The number of anilines is 1. The molecule has 3 nitrogen and oxygen atoms in total. The fourth-order valence-electron chi connectivity index (χ4n) is 2.18. The molecule has 3 rings (SSSR count). The Morgan fingerprint density at radius 3 is 2.72 bits per heavy atom. The van der Waals surface area contributed by atoms with Gasteiger partial charge in [0.05, 0.1) is 6.20 Å². The molecule has 1 heterocycles. The van der Waals surface area contributed by atoms with Crippen LogP contribution in [0.1, 0.15) is 5.56 Å². The Hall–Kier alpha value is -2.42. The number of nitrogens with two attached hydrogens (primary N) is 1. The van der Waals surface area contributed by atoms with Crippen molar-refractivity contribution in [2.24, 2.45) is 0 Å². The highest BCUT2D eigenvalue weighted by Crippen LogP contribution is 2.28. The van der Waals surface area contributed by atoms with Gasteiger partial charge >= 0.3 is 0 Å². The van der Waals surface area contributed by atoms with Gasteiger partial charge in [-0.05, 0) is 24.6 Å². The van der Waals surface area contributed by atoms with Crippen LogP contribution in [0.4, 0.5) is 5.69 Å². The Balaban J connectivity index is 2.31. The average Bonchev–Trinajstić information content (AvgIpc) is 2.38. The second-order valence-corrected chi connectivity index (χ2v) is 4.35. The van der Waals surface area contributed by atoms with E-state index in [1.165, 1.54) is 0 Å². The van der Waals surface area contributed by atoms with Crippen molar-refractivity contribution in [3.05, 3.63) is 54.2 Å². The Kier molecular flexibility index (Phi) is 2.45. The molecule has 0 aliphatic carbocycles. The Labute approximate surface area is 105 Å². The summed E-state index contributed by atoms with van der Waals surface area (Å²) in [6, 6.07) is 14.0. The smallest absolute Gasteiger partial charge is 0.101 e. The van der Waals surface area contributed by atoms with Crippen molar-refractivity contribution in [3.8, 4) is 11.3 Å². The molecule has 88 valence electrons. The summed E-state index contributed by atoms with van der Waals surface area (Å²) in [7, 11) is 0. The zero-order valence-corrected chi connectivity index (χ0v) is 10.1. The van der Waals surface area contributed by atoms with E-state index in [2.05, 4.69) is 16.3 Å². The van der Waals surface area contributed by atoms with E-state index < -0.39 is 0 Å². The maximum absolute atomic E-state index is 5.78. The molecule has 2 N–H and O–H groups in total. The first-order chi connectivity index (χ1) is 8.75. The summed E-state index contributed by atoms with van der Waals surface area (Å²) in [4.78, 5) is 0. The number of nitrogen functional groups attached to an aromatic ring is 1. The van der Waals surface area contributed by atoms with Gasteiger partial charge in [-0.15, -0.1) is 5.10 Å². The van der Waals surface area contributed by atoms with Gasteiger partial charge in [0.2, 0.25) is 0 Å². The fourth-order valence-corrected chi connectivity index (χ4v) is 2.18. The average molecular weight is 235 g/mol. The van der Waals surface area contributed by atoms with Crippen LogP contribution in [0.2, 0.25) is 0 Å². The quantitative estimate of drug-likeness (QED) is 0.659. The van der Waals surface area contributed by atoms with Crippen molar-refractivity contribution in [2.45, 2.75) is 6.92 Å². The van der Waals surface area contributed by atoms with Gasteiger partial charge in [-0.2, -0.15) is 5.10 Å². The van der Waals surface area contributed by atoms with Crippen LogP contribution in [0, 0.1) is 6.92 Å². The molecule has 0 aliphatic heterocycles. The van der Waals surface area contributed by atoms with Crippen LogP contribution in [0.5, 0.6) is 0 Å². The van der Waals surface area contributed by atoms with E-state index in [-0.39, 0.29) is 0 Å². The molecular formula is C15H13N3. The lowest BCUT2D eigenvalue weighted by molar-refractivity contribution is 1.05. The van der Waals surface area contributed by atoms with Crippen LogP contribution in [0.15, 0.2) is 48.7 Å². The molecule has 1 aromatic heterocycles. The first kappa shape index (κ1) is 10.7. The highest BCUT2D eigenvalue weighted by Gasteiger charge is 2.08. The lowest BCUT2D eigenvalue weighted by Gasteiger charge is -2.08. The predicted octanol–water partition coefficient (Wildman–Crippen LogP) is 3.19. The fraction of sp³-hybridized carbons (Fsp3) is 0.0667. The Bertz CT molecular complexity index is 715. The number of aromatic nitrogens is 2. The molecule has 0 radical (unpaired) electrons. The summed E-state index contributed by atoms with van der Waals surface area (Å²) < 4.78 is 0. The lowest BCUT2D eigenvalue weighted by Crippen LogP contribution is -1.93. The van der Waals surface area contributed by atoms with Gasteiger partial charge < -0.3 is 5.73 Å². The van der Waals surface area contributed by atoms with E-state index in [1.807, 2.05) is 43.3 Å². The molecule has 0 saturated heterocycles. The van der Waals surface area contributed by atoms with Gasteiger partial charge in [-0.25, -0.2) is 0 Å². The molecule has 0 unspecified atom stereocenters. The number of benzene rings is 2. The number of nitrogens with zero attached hydrogens (tertiary/aromatic N) is 2. The van der Waals surface area contributed by atoms with Crippen molar-refractivity contribution in [2.75, 3.05) is 5.73 Å². The molecule has 3 aromatic rings. The van der Waals surface area contributed by atoms with Crippen LogP contribution in [-0.2, 0) is 0 Å². The number of hydrogen-bond donors (Lipinski definition) is 1. The van der Waals surface area contributed by atoms with Crippen LogP contribution in [0.3, 0.4) is 0 Å².